The molecule has 0 aliphatic rings. The molecule has 4 heteroatoms. The number of hydrogen-bond donors (Lipinski definition) is 0. The Labute approximate surface area is 100 Å². The number of methoxy groups -OCH3 is 2. The number of carbonyl (C=O) groups is 1. The molecule has 0 aliphatic carbocycles. The third-order valence-corrected chi connectivity index (χ3v) is 2.73. The molecule has 1 aromatic carbocycles. The van der Waals surface area contributed by atoms with Crippen LogP contribution >= 0.6 is 11.6 Å². The SMILES string of the molecule is COC(=O)Cc1cc(CCl)c(OC)cc1C. The van der Waals surface area contributed by atoms with Crippen molar-refractivity contribution in [1.82, 2.24) is 0 Å². The molecule has 0 unspecified atom stereocenters. The predicted octanol–water partition coefficient (Wildman–Crippen LogP) is 2.46. The molecule has 1 rings (SSSR count). The molecule has 0 aromatic heterocycles. The van der Waals surface area contributed by atoms with Crippen LogP contribution in [0.25, 0.3) is 0 Å². The van der Waals surface area contributed by atoms with Crippen LogP contribution in [0.15, 0.2) is 12.1 Å². The van der Waals surface area contributed by atoms with E-state index in [1.54, 1.807) is 7.11 Å². The number of aryl methyl sites for hydroxylation is 1. The van der Waals surface area contributed by atoms with Crippen molar-refractivity contribution in [2.45, 2.75) is 19.2 Å². The molecule has 88 valence electrons. The molecule has 0 saturated carbocycles. The van der Waals surface area contributed by atoms with Gasteiger partial charge in [0.2, 0.25) is 0 Å². The summed E-state index contributed by atoms with van der Waals surface area (Å²) < 4.78 is 9.84. The van der Waals surface area contributed by atoms with Crippen LogP contribution in [-0.2, 0) is 21.8 Å². The Morgan fingerprint density at radius 1 is 1.31 bits per heavy atom. The van der Waals surface area contributed by atoms with Gasteiger partial charge in [-0.25, -0.2) is 0 Å². The fraction of sp³-hybridized carbons (Fsp3) is 0.417. The van der Waals surface area contributed by atoms with Crippen molar-refractivity contribution in [3.8, 4) is 5.75 Å². The van der Waals surface area contributed by atoms with E-state index in [-0.39, 0.29) is 12.4 Å². The van der Waals surface area contributed by atoms with Crippen LogP contribution in [0.1, 0.15) is 16.7 Å². The van der Waals surface area contributed by atoms with Crippen molar-refractivity contribution in [2.75, 3.05) is 14.2 Å². The van der Waals surface area contributed by atoms with Crippen molar-refractivity contribution in [1.29, 1.82) is 0 Å². The summed E-state index contributed by atoms with van der Waals surface area (Å²) in [6, 6.07) is 3.77. The molecule has 0 spiro atoms. The van der Waals surface area contributed by atoms with E-state index in [1.165, 1.54) is 7.11 Å². The van der Waals surface area contributed by atoms with Crippen LogP contribution in [0, 0.1) is 6.92 Å². The molecule has 0 radical (unpaired) electrons. The van der Waals surface area contributed by atoms with Crippen molar-refractivity contribution in [3.63, 3.8) is 0 Å². The molecule has 3 nitrogen and oxygen atoms in total. The van der Waals surface area contributed by atoms with Gasteiger partial charge in [0.15, 0.2) is 0 Å². The first-order valence-electron chi connectivity index (χ1n) is 4.91. The summed E-state index contributed by atoms with van der Waals surface area (Å²) in [5, 5.41) is 0. The molecule has 16 heavy (non-hydrogen) atoms. The van der Waals surface area contributed by atoms with Crippen molar-refractivity contribution < 1.29 is 14.3 Å². The smallest absolute Gasteiger partial charge is 0.309 e. The van der Waals surface area contributed by atoms with E-state index in [4.69, 9.17) is 16.3 Å². The van der Waals surface area contributed by atoms with Gasteiger partial charge in [-0.05, 0) is 24.1 Å². The lowest BCUT2D eigenvalue weighted by molar-refractivity contribution is -0.139. The number of rotatable bonds is 4. The van der Waals surface area contributed by atoms with Gasteiger partial charge in [-0.3, -0.25) is 4.79 Å². The average Bonchev–Trinajstić information content (AvgIpc) is 2.30. The molecule has 0 amide bonds. The number of ether oxygens (including phenoxy) is 2. The molecule has 0 aliphatic heterocycles. The first-order chi connectivity index (χ1) is 7.62. The van der Waals surface area contributed by atoms with E-state index < -0.39 is 0 Å². The van der Waals surface area contributed by atoms with Crippen LogP contribution in [0.5, 0.6) is 5.75 Å². The molecular formula is C12H15ClO3. The maximum Gasteiger partial charge on any atom is 0.309 e. The number of esters is 1. The molecule has 1 aromatic rings. The molecule has 0 saturated heterocycles. The Bertz CT molecular complexity index is 388. The summed E-state index contributed by atoms with van der Waals surface area (Å²) in [7, 11) is 2.98. The van der Waals surface area contributed by atoms with Crippen molar-refractivity contribution in [2.24, 2.45) is 0 Å². The van der Waals surface area contributed by atoms with E-state index in [9.17, 15) is 4.79 Å². The third kappa shape index (κ3) is 2.89. The van der Waals surface area contributed by atoms with Gasteiger partial charge in [-0.15, -0.1) is 11.6 Å². The highest BCUT2D eigenvalue weighted by Gasteiger charge is 2.10. The fourth-order valence-electron chi connectivity index (χ4n) is 1.49. The predicted molar refractivity (Wildman–Crippen MR) is 63.0 cm³/mol. The first kappa shape index (κ1) is 12.8. The Kier molecular flexibility index (Phi) is 4.62. The van der Waals surface area contributed by atoms with Crippen LogP contribution in [0.2, 0.25) is 0 Å². The molecule has 0 N–H and O–H groups in total. The lowest BCUT2D eigenvalue weighted by Gasteiger charge is -2.11. The van der Waals surface area contributed by atoms with Gasteiger partial charge in [-0.1, -0.05) is 6.07 Å². The highest BCUT2D eigenvalue weighted by molar-refractivity contribution is 6.17. The van der Waals surface area contributed by atoms with Gasteiger partial charge < -0.3 is 9.47 Å². The fourth-order valence-corrected chi connectivity index (χ4v) is 1.70. The number of carbonyl (C=O) groups excluding carboxylic acids is 1. The zero-order valence-electron chi connectivity index (χ0n) is 9.67. The standard InChI is InChI=1S/C12H15ClO3/c1-8-4-11(15-2)10(7-13)5-9(8)6-12(14)16-3/h4-5H,6-7H2,1-3H3. The van der Waals surface area contributed by atoms with Crippen molar-refractivity contribution >= 4 is 17.6 Å². The maximum atomic E-state index is 11.2. The zero-order chi connectivity index (χ0) is 12.1. The average molecular weight is 243 g/mol. The highest BCUT2D eigenvalue weighted by atomic mass is 35.5. The minimum atomic E-state index is -0.256. The summed E-state index contributed by atoms with van der Waals surface area (Å²) in [5.41, 5.74) is 2.80. The monoisotopic (exact) mass is 242 g/mol. The largest absolute Gasteiger partial charge is 0.496 e. The van der Waals surface area contributed by atoms with Crippen LogP contribution < -0.4 is 4.74 Å². The molecule has 0 heterocycles. The highest BCUT2D eigenvalue weighted by Crippen LogP contribution is 2.25. The topological polar surface area (TPSA) is 35.5 Å². The Balaban J connectivity index is 3.06. The lowest BCUT2D eigenvalue weighted by Crippen LogP contribution is -2.06. The second-order valence-electron chi connectivity index (χ2n) is 3.48. The number of hydrogen-bond acceptors (Lipinski definition) is 3. The summed E-state index contributed by atoms with van der Waals surface area (Å²) in [6.45, 7) is 1.93. The van der Waals surface area contributed by atoms with Gasteiger partial charge in [-0.2, -0.15) is 0 Å². The Morgan fingerprint density at radius 3 is 2.50 bits per heavy atom. The second-order valence-corrected chi connectivity index (χ2v) is 3.74. The molecular weight excluding hydrogens is 228 g/mol. The summed E-state index contributed by atoms with van der Waals surface area (Å²) in [5.74, 6) is 0.854. The molecule has 0 atom stereocenters. The van der Waals surface area contributed by atoms with Gasteiger partial charge in [0.05, 0.1) is 26.5 Å². The zero-order valence-corrected chi connectivity index (χ0v) is 10.4. The number of alkyl halides is 1. The maximum absolute atomic E-state index is 11.2. The number of halogens is 1. The van der Waals surface area contributed by atoms with Crippen LogP contribution in [-0.4, -0.2) is 20.2 Å². The third-order valence-electron chi connectivity index (χ3n) is 2.45. The van der Waals surface area contributed by atoms with E-state index in [0.717, 1.165) is 22.4 Å². The van der Waals surface area contributed by atoms with E-state index in [1.807, 2.05) is 19.1 Å². The van der Waals surface area contributed by atoms with Gasteiger partial charge in [0.25, 0.3) is 0 Å². The second kappa shape index (κ2) is 5.75. The van der Waals surface area contributed by atoms with Crippen LogP contribution in [0.4, 0.5) is 0 Å². The normalized spacial score (nSPS) is 10.0. The van der Waals surface area contributed by atoms with Crippen molar-refractivity contribution in [3.05, 3.63) is 28.8 Å². The van der Waals surface area contributed by atoms with Crippen LogP contribution in [0.3, 0.4) is 0 Å². The van der Waals surface area contributed by atoms with Gasteiger partial charge in [0, 0.05) is 5.56 Å². The molecule has 0 fully saturated rings. The Hall–Kier alpha value is -1.22. The quantitative estimate of drug-likeness (QED) is 0.601. The Morgan fingerprint density at radius 2 is 2.00 bits per heavy atom. The first-order valence-corrected chi connectivity index (χ1v) is 5.45. The summed E-state index contributed by atoms with van der Waals surface area (Å²) in [4.78, 5) is 11.2. The van der Waals surface area contributed by atoms with E-state index in [0.29, 0.717) is 5.88 Å². The van der Waals surface area contributed by atoms with E-state index >= 15 is 0 Å². The molecule has 0 bridgehead atoms. The lowest BCUT2D eigenvalue weighted by atomic mass is 10.0. The van der Waals surface area contributed by atoms with Gasteiger partial charge in [0.1, 0.15) is 5.75 Å². The summed E-state index contributed by atoms with van der Waals surface area (Å²) in [6.07, 6.45) is 0.260. The minimum absolute atomic E-state index is 0.256. The minimum Gasteiger partial charge on any atom is -0.496 e. The van der Waals surface area contributed by atoms with Gasteiger partial charge >= 0.3 is 5.97 Å². The number of benzene rings is 1. The van der Waals surface area contributed by atoms with E-state index in [2.05, 4.69) is 4.74 Å². The summed E-state index contributed by atoms with van der Waals surface area (Å²) >= 11 is 5.81.